The van der Waals surface area contributed by atoms with Gasteiger partial charge in [-0.1, -0.05) is 59.5 Å². The summed E-state index contributed by atoms with van der Waals surface area (Å²) in [6, 6.07) is 13.8. The molecule has 0 aliphatic rings. The number of rotatable bonds is 6. The Labute approximate surface area is 146 Å². The van der Waals surface area contributed by atoms with Crippen molar-refractivity contribution in [1.29, 1.82) is 0 Å². The molecule has 0 bridgehead atoms. The van der Waals surface area contributed by atoms with Crippen LogP contribution in [0.3, 0.4) is 0 Å². The molecule has 23 heavy (non-hydrogen) atoms. The summed E-state index contributed by atoms with van der Waals surface area (Å²) in [5, 5.41) is 13.2. The number of carbonyl (C=O) groups excluding carboxylic acids is 1. The number of nitrogens with two attached hydrogens (primary N) is 1. The Morgan fingerprint density at radius 2 is 2.04 bits per heavy atom. The van der Waals surface area contributed by atoms with Crippen molar-refractivity contribution in [2.24, 2.45) is 0 Å². The highest BCUT2D eigenvalue weighted by molar-refractivity contribution is 8.01. The Morgan fingerprint density at radius 1 is 1.22 bits per heavy atom. The molecular weight excluding hydrogens is 348 g/mol. The first-order valence-corrected chi connectivity index (χ1v) is 9.50. The molecule has 0 unspecified atom stereocenters. The Morgan fingerprint density at radius 3 is 2.70 bits per heavy atom. The summed E-state index contributed by atoms with van der Waals surface area (Å²) < 4.78 is 0.699. The van der Waals surface area contributed by atoms with Crippen molar-refractivity contribution < 1.29 is 4.79 Å². The third-order valence-corrected chi connectivity index (χ3v) is 5.84. The van der Waals surface area contributed by atoms with E-state index in [2.05, 4.69) is 15.5 Å². The Kier molecular flexibility index (Phi) is 5.27. The van der Waals surface area contributed by atoms with E-state index in [1.54, 1.807) is 11.3 Å². The molecule has 0 aliphatic heterocycles. The second-order valence-corrected chi connectivity index (χ2v) is 7.83. The summed E-state index contributed by atoms with van der Waals surface area (Å²) in [7, 11) is 0. The standard InChI is InChI=1S/C15H14N4OS3/c16-14-18-19-15(23-14)22-9-12(20)17-13(11-7-4-8-21-11)10-5-2-1-3-6-10/h1-8,13H,9H2,(H2,16,18)(H,17,20)/t13-/m0/s1. The lowest BCUT2D eigenvalue weighted by Gasteiger charge is -2.17. The van der Waals surface area contributed by atoms with Gasteiger partial charge in [-0.2, -0.15) is 0 Å². The molecule has 0 radical (unpaired) electrons. The highest BCUT2D eigenvalue weighted by Crippen LogP contribution is 2.27. The maximum Gasteiger partial charge on any atom is 0.231 e. The monoisotopic (exact) mass is 362 g/mol. The SMILES string of the molecule is Nc1nnc(SCC(=O)N[C@@H](c2ccccc2)c2cccs2)s1. The average Bonchev–Trinajstić information content (AvgIpc) is 3.23. The zero-order valence-corrected chi connectivity index (χ0v) is 14.5. The Hall–Kier alpha value is -1.90. The van der Waals surface area contributed by atoms with Crippen molar-refractivity contribution in [3.8, 4) is 0 Å². The van der Waals surface area contributed by atoms with E-state index in [0.717, 1.165) is 10.4 Å². The van der Waals surface area contributed by atoms with E-state index >= 15 is 0 Å². The molecular formula is C15H14N4OS3. The molecule has 8 heteroatoms. The second-order valence-electron chi connectivity index (χ2n) is 4.62. The number of nitrogens with one attached hydrogen (secondary N) is 1. The number of aromatic nitrogens is 2. The van der Waals surface area contributed by atoms with Crippen LogP contribution >= 0.6 is 34.4 Å². The first-order valence-electron chi connectivity index (χ1n) is 6.82. The van der Waals surface area contributed by atoms with Gasteiger partial charge in [0, 0.05) is 4.88 Å². The molecule has 3 N–H and O–H groups in total. The molecule has 0 saturated carbocycles. The third kappa shape index (κ3) is 4.31. The van der Waals surface area contributed by atoms with Gasteiger partial charge in [0.25, 0.3) is 0 Å². The first kappa shape index (κ1) is 16.0. The fourth-order valence-corrected chi connectivity index (χ4v) is 4.28. The number of thioether (sulfide) groups is 1. The predicted molar refractivity (Wildman–Crippen MR) is 95.8 cm³/mol. The number of carbonyl (C=O) groups is 1. The number of nitrogens with zero attached hydrogens (tertiary/aromatic N) is 2. The van der Waals surface area contributed by atoms with Crippen molar-refractivity contribution in [3.05, 3.63) is 58.3 Å². The van der Waals surface area contributed by atoms with Crippen molar-refractivity contribution in [2.75, 3.05) is 11.5 Å². The summed E-state index contributed by atoms with van der Waals surface area (Å²) in [5.41, 5.74) is 6.60. The van der Waals surface area contributed by atoms with E-state index in [4.69, 9.17) is 5.73 Å². The summed E-state index contributed by atoms with van der Waals surface area (Å²) in [4.78, 5) is 13.4. The maximum absolute atomic E-state index is 12.3. The molecule has 118 valence electrons. The fourth-order valence-electron chi connectivity index (χ4n) is 2.03. The van der Waals surface area contributed by atoms with Gasteiger partial charge in [-0.05, 0) is 17.0 Å². The highest BCUT2D eigenvalue weighted by Gasteiger charge is 2.18. The lowest BCUT2D eigenvalue weighted by Crippen LogP contribution is -2.30. The van der Waals surface area contributed by atoms with Crippen LogP contribution in [0.25, 0.3) is 0 Å². The van der Waals surface area contributed by atoms with E-state index in [1.165, 1.54) is 23.1 Å². The van der Waals surface area contributed by atoms with Crippen LogP contribution in [0, 0.1) is 0 Å². The van der Waals surface area contributed by atoms with Gasteiger partial charge in [0.15, 0.2) is 4.34 Å². The minimum absolute atomic E-state index is 0.0500. The van der Waals surface area contributed by atoms with Gasteiger partial charge in [0.2, 0.25) is 11.0 Å². The normalized spacial score (nSPS) is 12.0. The van der Waals surface area contributed by atoms with Gasteiger partial charge in [0.05, 0.1) is 11.8 Å². The topological polar surface area (TPSA) is 80.9 Å². The highest BCUT2D eigenvalue weighted by atomic mass is 32.2. The minimum atomic E-state index is -0.135. The molecule has 3 aromatic rings. The van der Waals surface area contributed by atoms with Crippen LogP contribution in [0.1, 0.15) is 16.5 Å². The van der Waals surface area contributed by atoms with Gasteiger partial charge < -0.3 is 11.1 Å². The molecule has 1 amide bonds. The Bertz CT molecular complexity index is 758. The summed E-state index contributed by atoms with van der Waals surface area (Å²) in [6.07, 6.45) is 0. The first-order chi connectivity index (χ1) is 11.2. The number of benzene rings is 1. The molecule has 0 fully saturated rings. The third-order valence-electron chi connectivity index (χ3n) is 3.01. The number of anilines is 1. The van der Waals surface area contributed by atoms with Crippen LogP contribution in [0.4, 0.5) is 5.13 Å². The molecule has 5 nitrogen and oxygen atoms in total. The second kappa shape index (κ2) is 7.58. The molecule has 3 rings (SSSR count). The molecule has 2 heterocycles. The van der Waals surface area contributed by atoms with Crippen LogP contribution in [-0.2, 0) is 4.79 Å². The van der Waals surface area contributed by atoms with E-state index in [9.17, 15) is 4.79 Å². The zero-order valence-electron chi connectivity index (χ0n) is 12.0. The van der Waals surface area contributed by atoms with Crippen LogP contribution in [0.5, 0.6) is 0 Å². The van der Waals surface area contributed by atoms with E-state index in [0.29, 0.717) is 9.47 Å². The van der Waals surface area contributed by atoms with Crippen LogP contribution < -0.4 is 11.1 Å². The largest absolute Gasteiger partial charge is 0.374 e. The minimum Gasteiger partial charge on any atom is -0.374 e. The quantitative estimate of drug-likeness (QED) is 0.658. The number of hydrogen-bond acceptors (Lipinski definition) is 7. The molecule has 2 aromatic heterocycles. The zero-order chi connectivity index (χ0) is 16.1. The number of nitrogen functional groups attached to an aromatic ring is 1. The number of amides is 1. The lowest BCUT2D eigenvalue weighted by atomic mass is 10.1. The van der Waals surface area contributed by atoms with Crippen molar-refractivity contribution in [2.45, 2.75) is 10.4 Å². The van der Waals surface area contributed by atoms with Crippen LogP contribution in [-0.4, -0.2) is 21.9 Å². The molecule has 1 aromatic carbocycles. The Balaban J connectivity index is 1.67. The van der Waals surface area contributed by atoms with Gasteiger partial charge in [0.1, 0.15) is 0 Å². The number of hydrogen-bond donors (Lipinski definition) is 2. The van der Waals surface area contributed by atoms with Crippen LogP contribution in [0.15, 0.2) is 52.2 Å². The van der Waals surface area contributed by atoms with E-state index in [1.807, 2.05) is 47.8 Å². The van der Waals surface area contributed by atoms with Crippen LogP contribution in [0.2, 0.25) is 0 Å². The van der Waals surface area contributed by atoms with Crippen molar-refractivity contribution >= 4 is 45.5 Å². The molecule has 0 spiro atoms. The fraction of sp³-hybridized carbons (Fsp3) is 0.133. The van der Waals surface area contributed by atoms with Gasteiger partial charge in [-0.25, -0.2) is 0 Å². The molecule has 0 saturated heterocycles. The lowest BCUT2D eigenvalue weighted by molar-refractivity contribution is -0.119. The summed E-state index contributed by atoms with van der Waals surface area (Å²) >= 11 is 4.25. The average molecular weight is 363 g/mol. The van der Waals surface area contributed by atoms with Crippen molar-refractivity contribution in [1.82, 2.24) is 15.5 Å². The predicted octanol–water partition coefficient (Wildman–Crippen LogP) is 3.18. The number of thiophene rings is 1. The van der Waals surface area contributed by atoms with Gasteiger partial charge >= 0.3 is 0 Å². The molecule has 1 atom stereocenters. The molecule has 0 aliphatic carbocycles. The van der Waals surface area contributed by atoms with Gasteiger partial charge in [-0.15, -0.1) is 21.5 Å². The van der Waals surface area contributed by atoms with E-state index < -0.39 is 0 Å². The maximum atomic E-state index is 12.3. The summed E-state index contributed by atoms with van der Waals surface area (Å²) in [5.74, 6) is 0.231. The van der Waals surface area contributed by atoms with Crippen molar-refractivity contribution in [3.63, 3.8) is 0 Å². The van der Waals surface area contributed by atoms with Gasteiger partial charge in [-0.3, -0.25) is 4.79 Å². The smallest absolute Gasteiger partial charge is 0.231 e. The van der Waals surface area contributed by atoms with E-state index in [-0.39, 0.29) is 17.7 Å². The summed E-state index contributed by atoms with van der Waals surface area (Å²) in [6.45, 7) is 0.